The zero-order valence-corrected chi connectivity index (χ0v) is 10.0. The molecule has 88 valence electrons. The highest BCUT2D eigenvalue weighted by Gasteiger charge is 2.08. The van der Waals surface area contributed by atoms with E-state index in [2.05, 4.69) is 22.8 Å². The van der Waals surface area contributed by atoms with Crippen LogP contribution in [-0.4, -0.2) is 37.2 Å². The molecule has 3 heteroatoms. The van der Waals surface area contributed by atoms with E-state index in [9.17, 15) is 0 Å². The fraction of sp³-hybridized carbons (Fsp3) is 0.769. The zero-order chi connectivity index (χ0) is 11.6. The van der Waals surface area contributed by atoms with Gasteiger partial charge < -0.3 is 4.74 Å². The van der Waals surface area contributed by atoms with Gasteiger partial charge in [-0.1, -0.05) is 11.8 Å². The molecule has 1 atom stereocenters. The van der Waals surface area contributed by atoms with Crippen molar-refractivity contribution < 1.29 is 4.74 Å². The van der Waals surface area contributed by atoms with E-state index in [0.717, 1.165) is 13.0 Å². The van der Waals surface area contributed by atoms with Crippen molar-refractivity contribution in [3.05, 3.63) is 0 Å². The van der Waals surface area contributed by atoms with E-state index in [-0.39, 0.29) is 6.10 Å². The minimum atomic E-state index is 0.138. The maximum atomic E-state index is 8.35. The fourth-order valence-corrected chi connectivity index (χ4v) is 1.69. The quantitative estimate of drug-likeness (QED) is 0.523. The molecule has 0 bridgehead atoms. The van der Waals surface area contributed by atoms with E-state index in [1.54, 1.807) is 0 Å². The van der Waals surface area contributed by atoms with E-state index >= 15 is 0 Å². The van der Waals surface area contributed by atoms with Crippen LogP contribution in [0.2, 0.25) is 0 Å². The molecule has 16 heavy (non-hydrogen) atoms. The van der Waals surface area contributed by atoms with Crippen LogP contribution in [0, 0.1) is 23.2 Å². The van der Waals surface area contributed by atoms with Gasteiger partial charge in [-0.05, 0) is 32.9 Å². The molecule has 1 unspecified atom stereocenters. The highest BCUT2D eigenvalue weighted by Crippen LogP contribution is 2.05. The predicted octanol–water partition coefficient (Wildman–Crippen LogP) is 1.79. The Hall–Kier alpha value is -1.03. The number of nitrogens with zero attached hydrogens (tertiary/aromatic N) is 2. The highest BCUT2D eigenvalue weighted by atomic mass is 16.5. The summed E-state index contributed by atoms with van der Waals surface area (Å²) in [7, 11) is 0. The number of nitriles is 1. The van der Waals surface area contributed by atoms with E-state index in [0.29, 0.717) is 13.0 Å². The van der Waals surface area contributed by atoms with Gasteiger partial charge in [0.15, 0.2) is 0 Å². The molecule has 0 aromatic rings. The summed E-state index contributed by atoms with van der Waals surface area (Å²) >= 11 is 0. The maximum Gasteiger partial charge on any atom is 0.0656 e. The first kappa shape index (κ1) is 13.0. The van der Waals surface area contributed by atoms with Crippen LogP contribution in [0.25, 0.3) is 0 Å². The predicted molar refractivity (Wildman–Crippen MR) is 63.7 cm³/mol. The Balaban J connectivity index is 2.04. The van der Waals surface area contributed by atoms with Crippen molar-refractivity contribution in [1.82, 2.24) is 4.90 Å². The van der Waals surface area contributed by atoms with E-state index < -0.39 is 0 Å². The Labute approximate surface area is 98.4 Å². The van der Waals surface area contributed by atoms with E-state index in [4.69, 9.17) is 10.00 Å². The topological polar surface area (TPSA) is 36.3 Å². The van der Waals surface area contributed by atoms with Gasteiger partial charge in [0.05, 0.1) is 31.7 Å². The van der Waals surface area contributed by atoms with Gasteiger partial charge in [-0.25, -0.2) is 0 Å². The van der Waals surface area contributed by atoms with Gasteiger partial charge in [-0.3, -0.25) is 4.90 Å². The average Bonchev–Trinajstić information content (AvgIpc) is 2.78. The molecule has 0 saturated carbocycles. The highest BCUT2D eigenvalue weighted by molar-refractivity contribution is 5.02. The second-order valence-electron chi connectivity index (χ2n) is 4.13. The largest absolute Gasteiger partial charge is 0.376 e. The lowest BCUT2D eigenvalue weighted by Gasteiger charge is -2.09. The second-order valence-corrected chi connectivity index (χ2v) is 4.13. The van der Waals surface area contributed by atoms with Crippen molar-refractivity contribution in [3.63, 3.8) is 0 Å². The molecule has 0 radical (unpaired) electrons. The minimum absolute atomic E-state index is 0.138. The standard InChI is InChI=1S/C13H20N2O/c1-13(16-12-6-8-14)7-2-3-9-15-10-4-5-11-15/h13H,4-7,9-12H2,1H3. The summed E-state index contributed by atoms with van der Waals surface area (Å²) < 4.78 is 5.42. The summed E-state index contributed by atoms with van der Waals surface area (Å²) in [5.74, 6) is 6.32. The number of hydrogen-bond acceptors (Lipinski definition) is 3. The lowest BCUT2D eigenvalue weighted by Crippen LogP contribution is -2.19. The smallest absolute Gasteiger partial charge is 0.0656 e. The third-order valence-electron chi connectivity index (χ3n) is 2.63. The minimum Gasteiger partial charge on any atom is -0.376 e. The van der Waals surface area contributed by atoms with Gasteiger partial charge in [-0.2, -0.15) is 5.26 Å². The molecular weight excluding hydrogens is 200 g/mol. The van der Waals surface area contributed by atoms with Gasteiger partial charge in [0.25, 0.3) is 0 Å². The lowest BCUT2D eigenvalue weighted by atomic mass is 10.3. The Morgan fingerprint density at radius 1 is 1.31 bits per heavy atom. The van der Waals surface area contributed by atoms with Gasteiger partial charge in [0.2, 0.25) is 0 Å². The molecule has 3 nitrogen and oxygen atoms in total. The molecule has 1 aliphatic heterocycles. The summed E-state index contributed by atoms with van der Waals surface area (Å²) in [5, 5.41) is 8.35. The maximum absolute atomic E-state index is 8.35. The third kappa shape index (κ3) is 5.75. The molecule has 1 heterocycles. The SMILES string of the molecule is CC(CC#CCN1CCCC1)OCCC#N. The van der Waals surface area contributed by atoms with Gasteiger partial charge in [0, 0.05) is 6.42 Å². The van der Waals surface area contributed by atoms with Crippen molar-refractivity contribution in [2.75, 3.05) is 26.2 Å². The number of ether oxygens (including phenoxy) is 1. The van der Waals surface area contributed by atoms with Crippen LogP contribution >= 0.6 is 0 Å². The van der Waals surface area contributed by atoms with Crippen molar-refractivity contribution in [1.29, 1.82) is 5.26 Å². The Morgan fingerprint density at radius 2 is 2.06 bits per heavy atom. The molecule has 1 fully saturated rings. The molecular formula is C13H20N2O. The third-order valence-corrected chi connectivity index (χ3v) is 2.63. The van der Waals surface area contributed by atoms with Crippen LogP contribution in [0.4, 0.5) is 0 Å². The average molecular weight is 220 g/mol. The fourth-order valence-electron chi connectivity index (χ4n) is 1.69. The zero-order valence-electron chi connectivity index (χ0n) is 10.0. The van der Waals surface area contributed by atoms with Crippen LogP contribution in [0.15, 0.2) is 0 Å². The molecule has 1 rings (SSSR count). The summed E-state index contributed by atoms with van der Waals surface area (Å²) in [6, 6.07) is 2.06. The summed E-state index contributed by atoms with van der Waals surface area (Å²) in [6.45, 7) is 5.81. The van der Waals surface area contributed by atoms with Crippen molar-refractivity contribution in [3.8, 4) is 17.9 Å². The first-order chi connectivity index (χ1) is 7.83. The van der Waals surface area contributed by atoms with Crippen molar-refractivity contribution >= 4 is 0 Å². The molecule has 0 N–H and O–H groups in total. The van der Waals surface area contributed by atoms with Crippen molar-refractivity contribution in [2.24, 2.45) is 0 Å². The molecule has 0 amide bonds. The molecule has 0 spiro atoms. The molecule has 1 aliphatic rings. The summed E-state index contributed by atoms with van der Waals surface area (Å²) in [6.07, 6.45) is 4.00. The van der Waals surface area contributed by atoms with Crippen LogP contribution in [-0.2, 0) is 4.74 Å². The summed E-state index contributed by atoms with van der Waals surface area (Å²) in [5.41, 5.74) is 0. The number of likely N-dealkylation sites (tertiary alicyclic amines) is 1. The van der Waals surface area contributed by atoms with Crippen LogP contribution in [0.5, 0.6) is 0 Å². The van der Waals surface area contributed by atoms with Gasteiger partial charge in [0.1, 0.15) is 0 Å². The normalized spacial score (nSPS) is 17.5. The van der Waals surface area contributed by atoms with E-state index in [1.807, 2.05) is 6.92 Å². The van der Waals surface area contributed by atoms with E-state index in [1.165, 1.54) is 25.9 Å². The van der Waals surface area contributed by atoms with Crippen LogP contribution < -0.4 is 0 Å². The molecule has 0 aromatic heterocycles. The lowest BCUT2D eigenvalue weighted by molar-refractivity contribution is 0.0739. The van der Waals surface area contributed by atoms with Gasteiger partial charge >= 0.3 is 0 Å². The molecule has 0 aliphatic carbocycles. The number of rotatable bonds is 5. The molecule has 0 aromatic carbocycles. The summed E-state index contributed by atoms with van der Waals surface area (Å²) in [4.78, 5) is 2.38. The Bertz CT molecular complexity index is 279. The monoisotopic (exact) mass is 220 g/mol. The van der Waals surface area contributed by atoms with Crippen LogP contribution in [0.1, 0.15) is 32.6 Å². The van der Waals surface area contributed by atoms with Crippen LogP contribution in [0.3, 0.4) is 0 Å². The molecule has 1 saturated heterocycles. The van der Waals surface area contributed by atoms with Gasteiger partial charge in [-0.15, -0.1) is 0 Å². The Kier molecular flexibility index (Phi) is 6.65. The first-order valence-electron chi connectivity index (χ1n) is 5.99. The van der Waals surface area contributed by atoms with Crippen molar-refractivity contribution in [2.45, 2.75) is 38.7 Å². The first-order valence-corrected chi connectivity index (χ1v) is 5.99. The number of hydrogen-bond donors (Lipinski definition) is 0. The second kappa shape index (κ2) is 8.16. The Morgan fingerprint density at radius 3 is 2.75 bits per heavy atom.